The van der Waals surface area contributed by atoms with Crippen molar-refractivity contribution in [3.05, 3.63) is 29.8 Å². The number of aryl methyl sites for hydroxylation is 1. The summed E-state index contributed by atoms with van der Waals surface area (Å²) in [4.78, 5) is 0. The summed E-state index contributed by atoms with van der Waals surface area (Å²) in [7, 11) is 0. The number of benzene rings is 1. The van der Waals surface area contributed by atoms with Gasteiger partial charge in [-0.15, -0.1) is 0 Å². The number of ether oxygens (including phenoxy) is 1. The Kier molecular flexibility index (Phi) is 3.04. The molecule has 0 spiro atoms. The van der Waals surface area contributed by atoms with Gasteiger partial charge < -0.3 is 10.1 Å². The smallest absolute Gasteiger partial charge is 0.0667 e. The monoisotopic (exact) mass is 191 g/mol. The van der Waals surface area contributed by atoms with Gasteiger partial charge in [-0.2, -0.15) is 0 Å². The Hall–Kier alpha value is -1.02. The third-order valence-corrected chi connectivity index (χ3v) is 2.66. The molecule has 0 aliphatic carbocycles. The summed E-state index contributed by atoms with van der Waals surface area (Å²) >= 11 is 0. The largest absolute Gasteiger partial charge is 0.380 e. The number of hydrogen-bond acceptors (Lipinski definition) is 2. The van der Waals surface area contributed by atoms with E-state index in [2.05, 4.69) is 29.6 Å². The second kappa shape index (κ2) is 4.47. The fourth-order valence-electron chi connectivity index (χ4n) is 1.89. The molecule has 1 aliphatic rings. The molecule has 2 nitrogen and oxygen atoms in total. The zero-order valence-electron chi connectivity index (χ0n) is 8.62. The number of rotatable bonds is 3. The van der Waals surface area contributed by atoms with Crippen molar-refractivity contribution in [2.45, 2.75) is 25.8 Å². The molecular weight excluding hydrogens is 174 g/mol. The van der Waals surface area contributed by atoms with Crippen LogP contribution in [0.3, 0.4) is 0 Å². The van der Waals surface area contributed by atoms with Crippen molar-refractivity contribution in [2.75, 3.05) is 18.5 Å². The quantitative estimate of drug-likeness (QED) is 0.792. The molecule has 0 bridgehead atoms. The molecule has 1 atom stereocenters. The van der Waals surface area contributed by atoms with Gasteiger partial charge in [0.2, 0.25) is 0 Å². The summed E-state index contributed by atoms with van der Waals surface area (Å²) in [5, 5.41) is 3.51. The van der Waals surface area contributed by atoms with Crippen molar-refractivity contribution >= 4 is 5.69 Å². The van der Waals surface area contributed by atoms with Crippen molar-refractivity contribution in [3.63, 3.8) is 0 Å². The number of fused-ring (bicyclic) bond motifs is 1. The van der Waals surface area contributed by atoms with Gasteiger partial charge in [0.15, 0.2) is 0 Å². The number of anilines is 1. The lowest BCUT2D eigenvalue weighted by Gasteiger charge is -2.26. The molecule has 1 aromatic rings. The Morgan fingerprint density at radius 2 is 2.29 bits per heavy atom. The lowest BCUT2D eigenvalue weighted by Crippen LogP contribution is -2.29. The average Bonchev–Trinajstić information content (AvgIpc) is 2.26. The molecule has 1 heterocycles. The van der Waals surface area contributed by atoms with Gasteiger partial charge in [-0.25, -0.2) is 0 Å². The van der Waals surface area contributed by atoms with Crippen molar-refractivity contribution in [2.24, 2.45) is 0 Å². The molecule has 0 aromatic heterocycles. The van der Waals surface area contributed by atoms with Crippen LogP contribution in [0.2, 0.25) is 0 Å². The first-order valence-electron chi connectivity index (χ1n) is 5.32. The molecule has 1 unspecified atom stereocenters. The lowest BCUT2D eigenvalue weighted by atomic mass is 9.99. The topological polar surface area (TPSA) is 21.3 Å². The van der Waals surface area contributed by atoms with E-state index in [9.17, 15) is 0 Å². The highest BCUT2D eigenvalue weighted by Gasteiger charge is 2.16. The minimum atomic E-state index is 0.491. The highest BCUT2D eigenvalue weighted by atomic mass is 16.5. The maximum absolute atomic E-state index is 5.43. The summed E-state index contributed by atoms with van der Waals surface area (Å²) in [6, 6.07) is 9.01. The van der Waals surface area contributed by atoms with Crippen LogP contribution in [0.15, 0.2) is 24.3 Å². The van der Waals surface area contributed by atoms with Crippen molar-refractivity contribution in [1.82, 2.24) is 0 Å². The first-order valence-corrected chi connectivity index (χ1v) is 5.32. The van der Waals surface area contributed by atoms with Gasteiger partial charge in [0, 0.05) is 18.3 Å². The van der Waals surface area contributed by atoms with E-state index in [-0.39, 0.29) is 0 Å². The predicted molar refractivity (Wildman–Crippen MR) is 58.7 cm³/mol. The van der Waals surface area contributed by atoms with Gasteiger partial charge >= 0.3 is 0 Å². The van der Waals surface area contributed by atoms with Crippen molar-refractivity contribution in [1.29, 1.82) is 0 Å². The molecule has 0 saturated heterocycles. The van der Waals surface area contributed by atoms with Crippen molar-refractivity contribution in [3.8, 4) is 0 Å². The Balaban J connectivity index is 1.99. The van der Waals surface area contributed by atoms with Gasteiger partial charge in [0.05, 0.1) is 6.61 Å². The van der Waals surface area contributed by atoms with Crippen LogP contribution < -0.4 is 5.32 Å². The van der Waals surface area contributed by atoms with E-state index in [4.69, 9.17) is 4.74 Å². The van der Waals surface area contributed by atoms with Crippen LogP contribution in [0, 0.1) is 0 Å². The molecule has 0 saturated carbocycles. The summed E-state index contributed by atoms with van der Waals surface area (Å²) in [6.07, 6.45) is 2.35. The van der Waals surface area contributed by atoms with Gasteiger partial charge in [-0.1, -0.05) is 18.2 Å². The zero-order valence-corrected chi connectivity index (χ0v) is 8.62. The molecular formula is C12H17NO. The summed E-state index contributed by atoms with van der Waals surface area (Å²) in [5.41, 5.74) is 2.71. The van der Waals surface area contributed by atoms with E-state index in [1.54, 1.807) is 0 Å². The molecule has 1 N–H and O–H groups in total. The van der Waals surface area contributed by atoms with Crippen LogP contribution in [0.25, 0.3) is 0 Å². The molecule has 76 valence electrons. The number of nitrogens with one attached hydrogen (secondary N) is 1. The highest BCUT2D eigenvalue weighted by Crippen LogP contribution is 2.24. The van der Waals surface area contributed by atoms with Gasteiger partial charge in [-0.05, 0) is 31.4 Å². The van der Waals surface area contributed by atoms with E-state index in [1.807, 2.05) is 6.92 Å². The molecule has 2 rings (SSSR count). The first kappa shape index (κ1) is 9.53. The third kappa shape index (κ3) is 2.07. The van der Waals surface area contributed by atoms with Crippen LogP contribution >= 0.6 is 0 Å². The van der Waals surface area contributed by atoms with E-state index < -0.39 is 0 Å². The maximum Gasteiger partial charge on any atom is 0.0667 e. The molecule has 0 radical (unpaired) electrons. The Morgan fingerprint density at radius 1 is 1.43 bits per heavy atom. The Labute approximate surface area is 85.3 Å². The minimum absolute atomic E-state index is 0.491. The van der Waals surface area contributed by atoms with Crippen LogP contribution in [0.5, 0.6) is 0 Å². The van der Waals surface area contributed by atoms with Gasteiger partial charge in [-0.3, -0.25) is 0 Å². The van der Waals surface area contributed by atoms with Crippen LogP contribution in [0.1, 0.15) is 18.9 Å². The first-order chi connectivity index (χ1) is 6.90. The summed E-state index contributed by atoms with van der Waals surface area (Å²) < 4.78 is 5.43. The second-order valence-electron chi connectivity index (χ2n) is 3.70. The van der Waals surface area contributed by atoms with E-state index in [0.29, 0.717) is 6.04 Å². The molecule has 1 aromatic carbocycles. The molecule has 2 heteroatoms. The van der Waals surface area contributed by atoms with Crippen molar-refractivity contribution < 1.29 is 4.74 Å². The predicted octanol–water partition coefficient (Wildman–Crippen LogP) is 2.45. The van der Waals surface area contributed by atoms with Crippen LogP contribution in [0.4, 0.5) is 5.69 Å². The van der Waals surface area contributed by atoms with E-state index in [0.717, 1.165) is 13.2 Å². The fourth-order valence-corrected chi connectivity index (χ4v) is 1.89. The highest BCUT2D eigenvalue weighted by molar-refractivity contribution is 5.53. The standard InChI is InChI=1S/C12H17NO/c1-2-14-9-11-8-7-10-5-3-4-6-12(10)13-11/h3-6,11,13H,2,7-9H2,1H3. The fraction of sp³-hybridized carbons (Fsp3) is 0.500. The second-order valence-corrected chi connectivity index (χ2v) is 3.70. The SMILES string of the molecule is CCOCC1CCc2ccccc2N1. The lowest BCUT2D eigenvalue weighted by molar-refractivity contribution is 0.135. The summed E-state index contributed by atoms with van der Waals surface area (Å²) in [5.74, 6) is 0. The van der Waals surface area contributed by atoms with Gasteiger partial charge in [0.1, 0.15) is 0 Å². The Bertz CT molecular complexity index is 298. The maximum atomic E-state index is 5.43. The molecule has 0 amide bonds. The number of para-hydroxylation sites is 1. The van der Waals surface area contributed by atoms with Gasteiger partial charge in [0.25, 0.3) is 0 Å². The normalized spacial score (nSPS) is 19.9. The van der Waals surface area contributed by atoms with Crippen LogP contribution in [-0.2, 0) is 11.2 Å². The van der Waals surface area contributed by atoms with E-state index in [1.165, 1.54) is 24.1 Å². The molecule has 14 heavy (non-hydrogen) atoms. The average molecular weight is 191 g/mol. The molecule has 0 fully saturated rings. The minimum Gasteiger partial charge on any atom is -0.380 e. The Morgan fingerprint density at radius 3 is 3.14 bits per heavy atom. The third-order valence-electron chi connectivity index (χ3n) is 2.66. The number of hydrogen-bond donors (Lipinski definition) is 1. The zero-order chi connectivity index (χ0) is 9.80. The van der Waals surface area contributed by atoms with Crippen LogP contribution in [-0.4, -0.2) is 19.3 Å². The summed E-state index contributed by atoms with van der Waals surface area (Å²) in [6.45, 7) is 3.67. The molecule has 1 aliphatic heterocycles. The van der Waals surface area contributed by atoms with E-state index >= 15 is 0 Å².